The highest BCUT2D eigenvalue weighted by molar-refractivity contribution is 5.86. The van der Waals surface area contributed by atoms with Gasteiger partial charge in [-0.3, -0.25) is 4.79 Å². The second-order valence-corrected chi connectivity index (χ2v) is 4.35. The third-order valence-electron chi connectivity index (χ3n) is 2.86. The molecule has 0 aromatic carbocycles. The number of hydrogen-bond acceptors (Lipinski definition) is 4. The quantitative estimate of drug-likeness (QED) is 0.515. The summed E-state index contributed by atoms with van der Waals surface area (Å²) in [5.74, 6) is -1.28. The van der Waals surface area contributed by atoms with E-state index in [1.165, 1.54) is 7.05 Å². The first kappa shape index (κ1) is 15.2. The maximum Gasteiger partial charge on any atom is 0.332 e. The van der Waals surface area contributed by atoms with Crippen LogP contribution in [0.25, 0.3) is 0 Å². The topological polar surface area (TPSA) is 117 Å². The number of urea groups is 1. The molecule has 3 amide bonds. The summed E-state index contributed by atoms with van der Waals surface area (Å²) in [6, 6.07) is -1.13. The molecular formula is C11H19N3O5. The second-order valence-electron chi connectivity index (χ2n) is 4.35. The van der Waals surface area contributed by atoms with Gasteiger partial charge in [-0.25, -0.2) is 9.59 Å². The normalized spacial score (nSPS) is 23.5. The summed E-state index contributed by atoms with van der Waals surface area (Å²) in [5, 5.41) is 16.2. The lowest BCUT2D eigenvalue weighted by Gasteiger charge is -2.15. The van der Waals surface area contributed by atoms with Crippen molar-refractivity contribution in [2.24, 2.45) is 0 Å². The van der Waals surface area contributed by atoms with E-state index in [2.05, 4.69) is 16.0 Å². The molecule has 108 valence electrons. The largest absolute Gasteiger partial charge is 0.479 e. The molecule has 0 aliphatic carbocycles. The molecule has 1 aliphatic heterocycles. The molecule has 0 spiro atoms. The van der Waals surface area contributed by atoms with Gasteiger partial charge >= 0.3 is 12.0 Å². The molecule has 0 bridgehead atoms. The Kier molecular flexibility index (Phi) is 5.56. The maximum absolute atomic E-state index is 11.5. The minimum absolute atomic E-state index is 0.218. The first-order chi connectivity index (χ1) is 8.93. The van der Waals surface area contributed by atoms with Crippen LogP contribution in [0.5, 0.6) is 0 Å². The van der Waals surface area contributed by atoms with Gasteiger partial charge in [0.05, 0.1) is 6.10 Å². The van der Waals surface area contributed by atoms with Gasteiger partial charge in [0.2, 0.25) is 5.91 Å². The molecule has 0 saturated carbocycles. The standard InChI is InChI=1S/C11H19N3O5/c1-6(9(15)12-2)14-11(18)13-5-7-3-4-8(19-7)10(16)17/h6-8H,3-5H2,1-2H3,(H,12,15)(H,16,17)(H2,13,14,18). The lowest BCUT2D eigenvalue weighted by molar-refractivity contribution is -0.149. The molecule has 1 saturated heterocycles. The van der Waals surface area contributed by atoms with Gasteiger partial charge in [0, 0.05) is 13.6 Å². The summed E-state index contributed by atoms with van der Waals surface area (Å²) in [5.41, 5.74) is 0. The Morgan fingerprint density at radius 2 is 2.05 bits per heavy atom. The van der Waals surface area contributed by atoms with Crippen molar-refractivity contribution in [2.75, 3.05) is 13.6 Å². The molecule has 19 heavy (non-hydrogen) atoms. The van der Waals surface area contributed by atoms with Crippen LogP contribution in [0.4, 0.5) is 4.79 Å². The van der Waals surface area contributed by atoms with Crippen LogP contribution in [0.1, 0.15) is 19.8 Å². The van der Waals surface area contributed by atoms with Crippen molar-refractivity contribution in [1.82, 2.24) is 16.0 Å². The molecule has 8 nitrogen and oxygen atoms in total. The molecule has 1 aliphatic rings. The van der Waals surface area contributed by atoms with Crippen LogP contribution in [0.3, 0.4) is 0 Å². The third kappa shape index (κ3) is 4.74. The fourth-order valence-electron chi connectivity index (χ4n) is 1.77. The number of aliphatic carboxylic acids is 1. The molecule has 1 heterocycles. The number of hydrogen-bond donors (Lipinski definition) is 4. The van der Waals surface area contributed by atoms with Crippen molar-refractivity contribution < 1.29 is 24.2 Å². The van der Waals surface area contributed by atoms with Crippen LogP contribution >= 0.6 is 0 Å². The Balaban J connectivity index is 2.24. The maximum atomic E-state index is 11.5. The van der Waals surface area contributed by atoms with Crippen LogP contribution < -0.4 is 16.0 Å². The number of amides is 3. The number of carboxylic acid groups (broad SMARTS) is 1. The lowest BCUT2D eigenvalue weighted by atomic mass is 10.2. The van der Waals surface area contributed by atoms with Gasteiger partial charge in [0.25, 0.3) is 0 Å². The van der Waals surface area contributed by atoms with Gasteiger partial charge in [-0.05, 0) is 19.8 Å². The van der Waals surface area contributed by atoms with E-state index in [4.69, 9.17) is 9.84 Å². The van der Waals surface area contributed by atoms with E-state index < -0.39 is 24.1 Å². The molecule has 3 unspecified atom stereocenters. The summed E-state index contributed by atoms with van der Waals surface area (Å²) in [7, 11) is 1.48. The zero-order valence-electron chi connectivity index (χ0n) is 10.9. The summed E-state index contributed by atoms with van der Waals surface area (Å²) in [6.07, 6.45) is -0.0676. The first-order valence-corrected chi connectivity index (χ1v) is 6.08. The van der Waals surface area contributed by atoms with Crippen LogP contribution in [-0.2, 0) is 14.3 Å². The van der Waals surface area contributed by atoms with Gasteiger partial charge in [0.1, 0.15) is 6.04 Å². The van der Waals surface area contributed by atoms with Gasteiger partial charge in [0.15, 0.2) is 6.10 Å². The van der Waals surface area contributed by atoms with E-state index in [-0.39, 0.29) is 18.6 Å². The molecular weight excluding hydrogens is 254 g/mol. The highest BCUT2D eigenvalue weighted by Crippen LogP contribution is 2.19. The van der Waals surface area contributed by atoms with Crippen LogP contribution in [-0.4, -0.2) is 54.9 Å². The van der Waals surface area contributed by atoms with Crippen molar-refractivity contribution in [3.8, 4) is 0 Å². The fraction of sp³-hybridized carbons (Fsp3) is 0.727. The average Bonchev–Trinajstić information content (AvgIpc) is 2.84. The Morgan fingerprint density at radius 1 is 1.37 bits per heavy atom. The number of carbonyl (C=O) groups excluding carboxylic acids is 2. The number of carboxylic acids is 1. The van der Waals surface area contributed by atoms with Crippen LogP contribution in [0.2, 0.25) is 0 Å². The number of nitrogens with one attached hydrogen (secondary N) is 3. The van der Waals surface area contributed by atoms with Gasteiger partial charge < -0.3 is 25.8 Å². The van der Waals surface area contributed by atoms with E-state index in [1.54, 1.807) is 6.92 Å². The summed E-state index contributed by atoms with van der Waals surface area (Å²) >= 11 is 0. The smallest absolute Gasteiger partial charge is 0.332 e. The second kappa shape index (κ2) is 6.93. The number of rotatable bonds is 5. The predicted molar refractivity (Wildman–Crippen MR) is 65.6 cm³/mol. The number of ether oxygens (including phenoxy) is 1. The number of carbonyl (C=O) groups is 3. The zero-order valence-corrected chi connectivity index (χ0v) is 10.9. The van der Waals surface area contributed by atoms with Gasteiger partial charge in [-0.1, -0.05) is 0 Å². The molecule has 8 heteroatoms. The van der Waals surface area contributed by atoms with E-state index >= 15 is 0 Å². The minimum atomic E-state index is -0.986. The molecule has 0 aromatic heterocycles. The van der Waals surface area contributed by atoms with Crippen molar-refractivity contribution >= 4 is 17.9 Å². The van der Waals surface area contributed by atoms with Crippen LogP contribution in [0.15, 0.2) is 0 Å². The Labute approximate surface area is 110 Å². The van der Waals surface area contributed by atoms with E-state index in [0.29, 0.717) is 12.8 Å². The van der Waals surface area contributed by atoms with Crippen LogP contribution in [0, 0.1) is 0 Å². The Hall–Kier alpha value is -1.83. The monoisotopic (exact) mass is 273 g/mol. The fourth-order valence-corrected chi connectivity index (χ4v) is 1.77. The molecule has 0 aromatic rings. The van der Waals surface area contributed by atoms with Crippen molar-refractivity contribution in [2.45, 2.75) is 38.0 Å². The lowest BCUT2D eigenvalue weighted by Crippen LogP contribution is -2.49. The molecule has 1 fully saturated rings. The minimum Gasteiger partial charge on any atom is -0.479 e. The molecule has 4 N–H and O–H groups in total. The molecule has 1 rings (SSSR count). The van der Waals surface area contributed by atoms with Crippen molar-refractivity contribution in [1.29, 1.82) is 0 Å². The Morgan fingerprint density at radius 3 is 2.58 bits per heavy atom. The van der Waals surface area contributed by atoms with Crippen molar-refractivity contribution in [3.63, 3.8) is 0 Å². The third-order valence-corrected chi connectivity index (χ3v) is 2.86. The van der Waals surface area contributed by atoms with E-state index in [1.807, 2.05) is 0 Å². The number of likely N-dealkylation sites (N-methyl/N-ethyl adjacent to an activating group) is 1. The highest BCUT2D eigenvalue weighted by Gasteiger charge is 2.30. The van der Waals surface area contributed by atoms with Gasteiger partial charge in [-0.15, -0.1) is 0 Å². The summed E-state index contributed by atoms with van der Waals surface area (Å²) in [6.45, 7) is 1.78. The van der Waals surface area contributed by atoms with E-state index in [0.717, 1.165) is 0 Å². The predicted octanol–water partition coefficient (Wildman–Crippen LogP) is -0.948. The Bertz CT molecular complexity index is 360. The average molecular weight is 273 g/mol. The summed E-state index contributed by atoms with van der Waals surface area (Å²) < 4.78 is 5.23. The van der Waals surface area contributed by atoms with Gasteiger partial charge in [-0.2, -0.15) is 0 Å². The molecule has 0 radical (unpaired) electrons. The molecule has 3 atom stereocenters. The first-order valence-electron chi connectivity index (χ1n) is 6.08. The van der Waals surface area contributed by atoms with Crippen molar-refractivity contribution in [3.05, 3.63) is 0 Å². The zero-order chi connectivity index (χ0) is 14.4. The SMILES string of the molecule is CNC(=O)C(C)NC(=O)NCC1CCC(C(=O)O)O1. The highest BCUT2D eigenvalue weighted by atomic mass is 16.5. The van der Waals surface area contributed by atoms with E-state index in [9.17, 15) is 14.4 Å². The summed E-state index contributed by atoms with van der Waals surface area (Å²) in [4.78, 5) is 33.3.